The van der Waals surface area contributed by atoms with E-state index >= 15 is 0 Å². The molecule has 0 aromatic carbocycles. The fourth-order valence-corrected chi connectivity index (χ4v) is 51.8. The Balaban J connectivity index is 5.80. The molecular weight excluding hydrogens is 252 g/mol. The molecule has 0 rings (SSSR count). The highest BCUT2D eigenvalue weighted by atomic mass is 29.6. The van der Waals surface area contributed by atoms with E-state index in [9.17, 15) is 0 Å². The first-order valence-electron chi connectivity index (χ1n) is 7.33. The van der Waals surface area contributed by atoms with Gasteiger partial charge in [0.1, 0.15) is 0 Å². The van der Waals surface area contributed by atoms with E-state index in [4.69, 9.17) is 0 Å². The van der Waals surface area contributed by atoms with E-state index in [0.717, 1.165) is 16.6 Å². The zero-order chi connectivity index (χ0) is 14.2. The van der Waals surface area contributed by atoms with Gasteiger partial charge < -0.3 is 0 Å². The second-order valence-corrected chi connectivity index (χ2v) is 36.3. The Morgan fingerprint density at radius 1 is 0.471 bits per heavy atom. The summed E-state index contributed by atoms with van der Waals surface area (Å²) < 4.78 is 0. The molecule has 0 atom stereocenters. The van der Waals surface area contributed by atoms with Crippen molar-refractivity contribution in [1.29, 1.82) is 0 Å². The summed E-state index contributed by atoms with van der Waals surface area (Å²) in [5.41, 5.74) is 2.83. The smallest absolute Gasteiger partial charge is 0.0422 e. The third-order valence-corrected chi connectivity index (χ3v) is 54.7. The quantitative estimate of drug-likeness (QED) is 0.555. The van der Waals surface area contributed by atoms with Gasteiger partial charge >= 0.3 is 0 Å². The highest BCUT2D eigenvalue weighted by molar-refractivity contribution is 7.69. The molecule has 0 unspecified atom stereocenters. The van der Waals surface area contributed by atoms with Gasteiger partial charge in [0.25, 0.3) is 0 Å². The van der Waals surface area contributed by atoms with E-state index in [1.54, 1.807) is 0 Å². The van der Waals surface area contributed by atoms with E-state index < -0.39 is 22.3 Å². The number of rotatable bonds is 5. The van der Waals surface area contributed by atoms with Crippen molar-refractivity contribution < 1.29 is 0 Å². The summed E-state index contributed by atoms with van der Waals surface area (Å²) >= 11 is 0. The first-order chi connectivity index (χ1) is 7.33. The second kappa shape index (κ2) is 5.33. The molecule has 0 aliphatic rings. The van der Waals surface area contributed by atoms with E-state index in [1.807, 2.05) is 0 Å². The Bertz CT molecular complexity index is 232. The molecule has 0 aliphatic carbocycles. The highest BCUT2D eigenvalue weighted by Gasteiger charge is 2.58. The molecule has 0 aromatic heterocycles. The highest BCUT2D eigenvalue weighted by Crippen LogP contribution is 2.46. The van der Waals surface area contributed by atoms with Crippen molar-refractivity contribution in [2.45, 2.75) is 90.9 Å². The maximum atomic E-state index is 2.77. The summed E-state index contributed by atoms with van der Waals surface area (Å²) in [4.78, 5) is 0. The van der Waals surface area contributed by atoms with E-state index in [-0.39, 0.29) is 0 Å². The first kappa shape index (κ1) is 17.7. The van der Waals surface area contributed by atoms with Crippen LogP contribution in [0.1, 0.15) is 41.5 Å². The lowest BCUT2D eigenvalue weighted by molar-refractivity contribution is 0.977. The van der Waals surface area contributed by atoms with Gasteiger partial charge in [-0.25, -0.2) is 0 Å². The normalized spacial score (nSPS) is 15.2. The van der Waals surface area contributed by atoms with Crippen molar-refractivity contribution in [3.63, 3.8) is 0 Å². The lowest BCUT2D eigenvalue weighted by Crippen LogP contribution is -2.75. The van der Waals surface area contributed by atoms with Crippen LogP contribution in [0.3, 0.4) is 0 Å². The fourth-order valence-electron chi connectivity index (χ4n) is 3.52. The standard InChI is InChI=1S/C14H36Si3/c1-12(2)15(7,8)17(11,14(5)6)16(9,10)13(3)4/h12-14H,1-11H3. The second-order valence-electron chi connectivity index (χ2n) is 8.11. The fraction of sp³-hybridized carbons (Fsp3) is 1.00. The van der Waals surface area contributed by atoms with Crippen molar-refractivity contribution in [3.8, 4) is 0 Å². The van der Waals surface area contributed by atoms with E-state index in [2.05, 4.69) is 74.3 Å². The molecule has 0 aliphatic heterocycles. The van der Waals surface area contributed by atoms with Gasteiger partial charge in [0.05, 0.1) is 0 Å². The average Bonchev–Trinajstić information content (AvgIpc) is 2.14. The summed E-state index contributed by atoms with van der Waals surface area (Å²) in [6, 6.07) is 0. The van der Waals surface area contributed by atoms with Crippen LogP contribution >= 0.6 is 0 Å². The molecule has 0 radical (unpaired) electrons. The minimum absolute atomic E-state index is 0.937. The van der Waals surface area contributed by atoms with Gasteiger partial charge in [-0.15, -0.1) is 0 Å². The summed E-state index contributed by atoms with van der Waals surface area (Å²) in [6.45, 7) is 28.6. The molecule has 0 saturated carbocycles. The Morgan fingerprint density at radius 3 is 0.824 bits per heavy atom. The molecular formula is C14H36Si3. The van der Waals surface area contributed by atoms with Crippen LogP contribution < -0.4 is 0 Å². The summed E-state index contributed by atoms with van der Waals surface area (Å²) in [6.07, 6.45) is 0. The van der Waals surface area contributed by atoms with Gasteiger partial charge in [-0.1, -0.05) is 90.9 Å². The molecule has 3 heteroatoms. The zero-order valence-electron chi connectivity index (χ0n) is 14.2. The minimum atomic E-state index is -1.13. The number of hydrogen-bond donors (Lipinski definition) is 0. The predicted molar refractivity (Wildman–Crippen MR) is 91.9 cm³/mol. The molecule has 0 heterocycles. The van der Waals surface area contributed by atoms with Gasteiger partial charge in [-0.3, -0.25) is 0 Å². The van der Waals surface area contributed by atoms with Crippen molar-refractivity contribution in [2.75, 3.05) is 0 Å². The van der Waals surface area contributed by atoms with E-state index in [1.165, 1.54) is 0 Å². The van der Waals surface area contributed by atoms with Crippen molar-refractivity contribution >= 4 is 22.3 Å². The molecule has 0 bridgehead atoms. The Labute approximate surface area is 113 Å². The van der Waals surface area contributed by atoms with Crippen LogP contribution in [-0.4, -0.2) is 22.3 Å². The van der Waals surface area contributed by atoms with E-state index in [0.29, 0.717) is 0 Å². The molecule has 104 valence electrons. The first-order valence-corrected chi connectivity index (χ1v) is 18.1. The maximum Gasteiger partial charge on any atom is 0.0422 e. The Hall–Kier alpha value is 0.651. The molecule has 0 nitrogen and oxygen atoms in total. The zero-order valence-corrected chi connectivity index (χ0v) is 17.2. The predicted octanol–water partition coefficient (Wildman–Crippen LogP) is 5.87. The molecule has 0 saturated heterocycles. The SMILES string of the molecule is CC(C)[Si](C)(C)[Si](C)(C(C)C)[Si](C)(C)C(C)C. The van der Waals surface area contributed by atoms with Crippen LogP contribution in [0.25, 0.3) is 0 Å². The molecule has 0 aromatic rings. The van der Waals surface area contributed by atoms with Crippen molar-refractivity contribution in [2.24, 2.45) is 0 Å². The number of hydrogen-bond acceptors (Lipinski definition) is 0. The van der Waals surface area contributed by atoms with Gasteiger partial charge in [0.15, 0.2) is 0 Å². The lowest BCUT2D eigenvalue weighted by atomic mass is 10.6. The molecule has 0 amide bonds. The van der Waals surface area contributed by atoms with Crippen LogP contribution in [0.5, 0.6) is 0 Å². The van der Waals surface area contributed by atoms with Gasteiger partial charge in [0.2, 0.25) is 0 Å². The maximum absolute atomic E-state index is 2.77. The van der Waals surface area contributed by atoms with Gasteiger partial charge in [-0.2, -0.15) is 0 Å². The Morgan fingerprint density at radius 2 is 0.706 bits per heavy atom. The van der Waals surface area contributed by atoms with Gasteiger partial charge in [0, 0.05) is 22.3 Å². The third-order valence-electron chi connectivity index (χ3n) is 6.72. The summed E-state index contributed by atoms with van der Waals surface area (Å²) in [7, 11) is -3.32. The van der Waals surface area contributed by atoms with Crippen LogP contribution in [0.15, 0.2) is 0 Å². The molecule has 0 fully saturated rings. The van der Waals surface area contributed by atoms with Crippen LogP contribution in [0, 0.1) is 0 Å². The topological polar surface area (TPSA) is 0 Å². The monoisotopic (exact) mass is 288 g/mol. The van der Waals surface area contributed by atoms with Gasteiger partial charge in [-0.05, 0) is 0 Å². The van der Waals surface area contributed by atoms with Crippen molar-refractivity contribution in [1.82, 2.24) is 0 Å². The Kier molecular flexibility index (Phi) is 5.54. The lowest BCUT2D eigenvalue weighted by Gasteiger charge is -2.57. The minimum Gasteiger partial charge on any atom is -0.0727 e. The largest absolute Gasteiger partial charge is 0.0727 e. The van der Waals surface area contributed by atoms with Crippen LogP contribution in [0.4, 0.5) is 0 Å². The summed E-state index contributed by atoms with van der Waals surface area (Å²) in [5, 5.41) is 0. The average molecular weight is 289 g/mol. The van der Waals surface area contributed by atoms with Crippen LogP contribution in [-0.2, 0) is 0 Å². The van der Waals surface area contributed by atoms with Crippen molar-refractivity contribution in [3.05, 3.63) is 0 Å². The molecule has 0 N–H and O–H groups in total. The molecule has 17 heavy (non-hydrogen) atoms. The molecule has 0 spiro atoms. The summed E-state index contributed by atoms with van der Waals surface area (Å²) in [5.74, 6) is 0. The van der Waals surface area contributed by atoms with Crippen LogP contribution in [0.2, 0.25) is 49.4 Å². The third kappa shape index (κ3) is 2.66.